The van der Waals surface area contributed by atoms with Crippen molar-refractivity contribution in [3.05, 3.63) is 0 Å². The topological polar surface area (TPSA) is 246 Å². The Morgan fingerprint density at radius 1 is 0.714 bits per heavy atom. The molecule has 0 aliphatic rings. The molecular weight excluding hydrogens is 458 g/mol. The first-order valence-electron chi connectivity index (χ1n) is 12.0. The fraction of sp³-hybridized carbons (Fsp3) is 0.773. The number of carboxylic acids is 1. The monoisotopic (exact) mass is 501 g/mol. The summed E-state index contributed by atoms with van der Waals surface area (Å²) >= 11 is 0. The van der Waals surface area contributed by atoms with Gasteiger partial charge in [0.05, 0.1) is 6.04 Å². The van der Waals surface area contributed by atoms with Crippen LogP contribution < -0.4 is 38.9 Å². The number of nitrogens with one attached hydrogen (secondary N) is 3. The highest BCUT2D eigenvalue weighted by atomic mass is 16.4. The minimum absolute atomic E-state index is 0.142. The van der Waals surface area contributed by atoms with Crippen LogP contribution in [-0.4, -0.2) is 72.0 Å². The van der Waals surface area contributed by atoms with Gasteiger partial charge in [-0.3, -0.25) is 19.2 Å². The molecule has 12 N–H and O–H groups in total. The lowest BCUT2D eigenvalue weighted by Gasteiger charge is -2.25. The van der Waals surface area contributed by atoms with Crippen molar-refractivity contribution < 1.29 is 29.1 Å². The molecule has 4 unspecified atom stereocenters. The van der Waals surface area contributed by atoms with E-state index in [2.05, 4.69) is 16.0 Å². The van der Waals surface area contributed by atoms with Gasteiger partial charge in [0.15, 0.2) is 0 Å². The second-order valence-corrected chi connectivity index (χ2v) is 8.87. The molecule has 0 bridgehead atoms. The predicted octanol–water partition coefficient (Wildman–Crippen LogP) is -1.97. The first-order valence-corrected chi connectivity index (χ1v) is 12.0. The summed E-state index contributed by atoms with van der Waals surface area (Å²) in [5.41, 5.74) is 22.0. The molecule has 0 aliphatic heterocycles. The molecule has 0 saturated carbocycles. The molecule has 0 aromatic rings. The predicted molar refractivity (Wildman–Crippen MR) is 130 cm³/mol. The van der Waals surface area contributed by atoms with E-state index in [1.807, 2.05) is 0 Å². The summed E-state index contributed by atoms with van der Waals surface area (Å²) in [6.45, 7) is 4.32. The van der Waals surface area contributed by atoms with Crippen LogP contribution in [-0.2, 0) is 24.0 Å². The van der Waals surface area contributed by atoms with Crippen molar-refractivity contribution in [1.29, 1.82) is 0 Å². The molecule has 0 fully saturated rings. The molecule has 0 aromatic carbocycles. The number of amides is 4. The Bertz CT molecular complexity index is 704. The summed E-state index contributed by atoms with van der Waals surface area (Å²) < 4.78 is 0. The van der Waals surface area contributed by atoms with Crippen LogP contribution in [0.3, 0.4) is 0 Å². The fourth-order valence-electron chi connectivity index (χ4n) is 3.18. The highest BCUT2D eigenvalue weighted by Gasteiger charge is 2.30. The van der Waals surface area contributed by atoms with Crippen molar-refractivity contribution in [1.82, 2.24) is 16.0 Å². The number of unbranched alkanes of at least 4 members (excludes halogenated alkanes) is 2. The van der Waals surface area contributed by atoms with Gasteiger partial charge >= 0.3 is 5.97 Å². The highest BCUT2D eigenvalue weighted by Crippen LogP contribution is 2.07. The summed E-state index contributed by atoms with van der Waals surface area (Å²) in [5.74, 6) is -4.03. The van der Waals surface area contributed by atoms with Crippen molar-refractivity contribution in [2.24, 2.45) is 28.9 Å². The number of carboxylic acid groups (broad SMARTS) is 1. The molecule has 0 heterocycles. The third kappa shape index (κ3) is 13.6. The first kappa shape index (κ1) is 32.2. The standard InChI is InChI=1S/C22H43N7O6/c1-13(2)18(26)21(33)28-14(7-3-5-11-23)19(31)27-15(9-10-17(25)30)20(32)29-16(22(34)35)8-4-6-12-24/h13-16,18H,3-12,23-24,26H2,1-2H3,(H2,25,30)(H,27,31)(H,28,33)(H,29,32)(H,34,35). The summed E-state index contributed by atoms with van der Waals surface area (Å²) in [4.78, 5) is 61.2. The molecule has 0 aromatic heterocycles. The van der Waals surface area contributed by atoms with Gasteiger partial charge in [0.2, 0.25) is 23.6 Å². The van der Waals surface area contributed by atoms with Crippen LogP contribution >= 0.6 is 0 Å². The van der Waals surface area contributed by atoms with Crippen molar-refractivity contribution in [3.8, 4) is 0 Å². The van der Waals surface area contributed by atoms with Crippen LogP contribution in [0.4, 0.5) is 0 Å². The zero-order valence-corrected chi connectivity index (χ0v) is 20.8. The number of carbonyl (C=O) groups excluding carboxylic acids is 4. The van der Waals surface area contributed by atoms with Crippen molar-refractivity contribution in [2.45, 2.75) is 89.4 Å². The first-order chi connectivity index (χ1) is 16.4. The van der Waals surface area contributed by atoms with E-state index in [9.17, 15) is 29.1 Å². The van der Waals surface area contributed by atoms with E-state index in [1.165, 1.54) is 0 Å². The van der Waals surface area contributed by atoms with Gasteiger partial charge in [-0.25, -0.2) is 4.79 Å². The van der Waals surface area contributed by atoms with Gasteiger partial charge in [-0.1, -0.05) is 13.8 Å². The Balaban J connectivity index is 5.53. The Kier molecular flexibility index (Phi) is 16.2. The normalized spacial score (nSPS) is 14.5. The average Bonchev–Trinajstić information content (AvgIpc) is 2.79. The van der Waals surface area contributed by atoms with Crippen molar-refractivity contribution in [2.75, 3.05) is 13.1 Å². The lowest BCUT2D eigenvalue weighted by Crippen LogP contribution is -2.57. The van der Waals surface area contributed by atoms with Crippen LogP contribution in [0.5, 0.6) is 0 Å². The average molecular weight is 502 g/mol. The SMILES string of the molecule is CC(C)C(N)C(=O)NC(CCCCN)C(=O)NC(CCC(N)=O)C(=O)NC(CCCCN)C(=O)O. The minimum Gasteiger partial charge on any atom is -0.480 e. The van der Waals surface area contributed by atoms with E-state index in [1.54, 1.807) is 13.8 Å². The van der Waals surface area contributed by atoms with Gasteiger partial charge in [0.1, 0.15) is 18.1 Å². The molecule has 13 heteroatoms. The maximum atomic E-state index is 13.0. The lowest BCUT2D eigenvalue weighted by atomic mass is 10.0. The molecule has 13 nitrogen and oxygen atoms in total. The number of rotatable bonds is 19. The van der Waals surface area contributed by atoms with Crippen LogP contribution in [0.25, 0.3) is 0 Å². The van der Waals surface area contributed by atoms with Crippen molar-refractivity contribution in [3.63, 3.8) is 0 Å². The van der Waals surface area contributed by atoms with E-state index in [-0.39, 0.29) is 31.6 Å². The summed E-state index contributed by atoms with van der Waals surface area (Å²) in [7, 11) is 0. The molecule has 35 heavy (non-hydrogen) atoms. The molecule has 0 saturated heterocycles. The number of nitrogens with two attached hydrogens (primary N) is 4. The smallest absolute Gasteiger partial charge is 0.326 e. The van der Waals surface area contributed by atoms with Crippen molar-refractivity contribution >= 4 is 29.6 Å². The van der Waals surface area contributed by atoms with Crippen LogP contribution in [0.2, 0.25) is 0 Å². The molecule has 0 rings (SSSR count). The minimum atomic E-state index is -1.24. The summed E-state index contributed by atoms with van der Waals surface area (Å²) in [5, 5.41) is 17.0. The second kappa shape index (κ2) is 17.6. The highest BCUT2D eigenvalue weighted by molar-refractivity contribution is 5.94. The zero-order valence-electron chi connectivity index (χ0n) is 20.8. The summed E-state index contributed by atoms with van der Waals surface area (Å²) in [6, 6.07) is -4.26. The molecule has 202 valence electrons. The maximum Gasteiger partial charge on any atom is 0.326 e. The zero-order chi connectivity index (χ0) is 27.0. The van der Waals surface area contributed by atoms with Gasteiger partial charge in [0.25, 0.3) is 0 Å². The molecule has 0 aliphatic carbocycles. The van der Waals surface area contributed by atoms with Gasteiger partial charge in [-0.05, 0) is 64.0 Å². The molecule has 0 radical (unpaired) electrons. The van der Waals surface area contributed by atoms with E-state index in [0.717, 1.165) is 0 Å². The van der Waals surface area contributed by atoms with Gasteiger partial charge in [-0.15, -0.1) is 0 Å². The van der Waals surface area contributed by atoms with Crippen LogP contribution in [0.15, 0.2) is 0 Å². The number of carbonyl (C=O) groups is 5. The number of hydrogen-bond acceptors (Lipinski definition) is 8. The van der Waals surface area contributed by atoms with E-state index in [0.29, 0.717) is 38.8 Å². The van der Waals surface area contributed by atoms with Gasteiger partial charge in [0, 0.05) is 6.42 Å². The molecule has 4 atom stereocenters. The Morgan fingerprint density at radius 2 is 1.14 bits per heavy atom. The maximum absolute atomic E-state index is 13.0. The molecule has 4 amide bonds. The van der Waals surface area contributed by atoms with Gasteiger partial charge in [-0.2, -0.15) is 0 Å². The van der Waals surface area contributed by atoms with E-state index in [4.69, 9.17) is 22.9 Å². The summed E-state index contributed by atoms with van der Waals surface area (Å²) in [6.07, 6.45) is 2.27. The number of primary amides is 1. The second-order valence-electron chi connectivity index (χ2n) is 8.87. The quantitative estimate of drug-likeness (QED) is 0.0913. The Morgan fingerprint density at radius 3 is 1.57 bits per heavy atom. The number of aliphatic carboxylic acids is 1. The third-order valence-corrected chi connectivity index (χ3v) is 5.47. The third-order valence-electron chi connectivity index (χ3n) is 5.47. The Labute approximate surface area is 206 Å². The number of hydrogen-bond donors (Lipinski definition) is 8. The van der Waals surface area contributed by atoms with Crippen LogP contribution in [0, 0.1) is 5.92 Å². The Hall–Kier alpha value is -2.77. The fourth-order valence-corrected chi connectivity index (χ4v) is 3.18. The van der Waals surface area contributed by atoms with E-state index >= 15 is 0 Å². The largest absolute Gasteiger partial charge is 0.480 e. The van der Waals surface area contributed by atoms with E-state index < -0.39 is 53.8 Å². The van der Waals surface area contributed by atoms with Crippen LogP contribution in [0.1, 0.15) is 65.2 Å². The van der Waals surface area contributed by atoms with Gasteiger partial charge < -0.3 is 44.0 Å². The lowest BCUT2D eigenvalue weighted by molar-refractivity contribution is -0.142. The molecular formula is C22H43N7O6. The molecule has 0 spiro atoms.